The number of pyridine rings is 1. The minimum Gasteiger partial charge on any atom is -0.506 e. The quantitative estimate of drug-likeness (QED) is 0.379. The molecule has 2 rings (SSSR count). The van der Waals surface area contributed by atoms with E-state index in [1.165, 1.54) is 24.4 Å². The van der Waals surface area contributed by atoms with Crippen LogP contribution in [-0.2, 0) is 0 Å². The number of rotatable bonds is 4. The SMILES string of the molecule is NC(=O)c1ccnc(NC(=O)Nc2ccc([N+](=O)[O-])cc2O)c1. The summed E-state index contributed by atoms with van der Waals surface area (Å²) in [6, 6.07) is 5.11. The second-order valence-electron chi connectivity index (χ2n) is 4.33. The van der Waals surface area contributed by atoms with Gasteiger partial charge in [-0.05, 0) is 18.2 Å². The monoisotopic (exact) mass is 317 g/mol. The molecule has 0 radical (unpaired) electrons. The summed E-state index contributed by atoms with van der Waals surface area (Å²) in [6.45, 7) is 0. The molecule has 1 aromatic carbocycles. The topological polar surface area (TPSA) is 160 Å². The number of urea groups is 1. The van der Waals surface area contributed by atoms with E-state index >= 15 is 0 Å². The lowest BCUT2D eigenvalue weighted by molar-refractivity contribution is -0.384. The maximum Gasteiger partial charge on any atom is 0.324 e. The van der Waals surface area contributed by atoms with Crippen LogP contribution >= 0.6 is 0 Å². The predicted octanol–water partition coefficient (Wildman–Crippen LogP) is 1.44. The van der Waals surface area contributed by atoms with E-state index in [4.69, 9.17) is 5.73 Å². The van der Waals surface area contributed by atoms with Crippen LogP contribution in [-0.4, -0.2) is 27.0 Å². The van der Waals surface area contributed by atoms with Crippen molar-refractivity contribution in [1.29, 1.82) is 0 Å². The number of amides is 3. The molecule has 1 aromatic heterocycles. The number of carbonyl (C=O) groups excluding carboxylic acids is 2. The molecule has 10 nitrogen and oxygen atoms in total. The van der Waals surface area contributed by atoms with Crippen molar-refractivity contribution >= 4 is 29.1 Å². The Morgan fingerprint density at radius 2 is 1.96 bits per heavy atom. The number of carbonyl (C=O) groups is 2. The maximum absolute atomic E-state index is 11.8. The van der Waals surface area contributed by atoms with Crippen molar-refractivity contribution in [2.45, 2.75) is 0 Å². The van der Waals surface area contributed by atoms with E-state index in [1.54, 1.807) is 0 Å². The number of nitrogens with zero attached hydrogens (tertiary/aromatic N) is 2. The molecule has 118 valence electrons. The number of nitrogens with one attached hydrogen (secondary N) is 2. The van der Waals surface area contributed by atoms with E-state index in [9.17, 15) is 24.8 Å². The highest BCUT2D eigenvalue weighted by atomic mass is 16.6. The third-order valence-electron chi connectivity index (χ3n) is 2.73. The number of anilines is 2. The molecule has 0 saturated carbocycles. The number of phenols is 1. The fourth-order valence-electron chi connectivity index (χ4n) is 1.66. The Bertz CT molecular complexity index is 792. The van der Waals surface area contributed by atoms with Crippen molar-refractivity contribution in [3.63, 3.8) is 0 Å². The lowest BCUT2D eigenvalue weighted by atomic mass is 10.2. The zero-order chi connectivity index (χ0) is 17.0. The van der Waals surface area contributed by atoms with Gasteiger partial charge in [-0.25, -0.2) is 9.78 Å². The molecule has 3 amide bonds. The van der Waals surface area contributed by atoms with Crippen LogP contribution in [0.2, 0.25) is 0 Å². The summed E-state index contributed by atoms with van der Waals surface area (Å²) in [5, 5.41) is 24.8. The van der Waals surface area contributed by atoms with Crippen LogP contribution in [0.3, 0.4) is 0 Å². The van der Waals surface area contributed by atoms with Crippen molar-refractivity contribution in [1.82, 2.24) is 4.98 Å². The van der Waals surface area contributed by atoms with Crippen molar-refractivity contribution in [3.8, 4) is 5.75 Å². The number of hydrogen-bond donors (Lipinski definition) is 4. The van der Waals surface area contributed by atoms with Gasteiger partial charge in [0.05, 0.1) is 16.7 Å². The molecule has 0 unspecified atom stereocenters. The summed E-state index contributed by atoms with van der Waals surface area (Å²) in [4.78, 5) is 36.6. The van der Waals surface area contributed by atoms with Gasteiger partial charge >= 0.3 is 6.03 Å². The third kappa shape index (κ3) is 3.91. The fourth-order valence-corrected chi connectivity index (χ4v) is 1.66. The molecule has 1 heterocycles. The molecule has 5 N–H and O–H groups in total. The number of primary amides is 1. The number of nitrogens with two attached hydrogens (primary N) is 1. The molecule has 0 aliphatic rings. The van der Waals surface area contributed by atoms with Crippen molar-refractivity contribution in [2.75, 3.05) is 10.6 Å². The highest BCUT2D eigenvalue weighted by Crippen LogP contribution is 2.27. The number of nitro groups is 1. The first-order chi connectivity index (χ1) is 10.9. The summed E-state index contributed by atoms with van der Waals surface area (Å²) in [6.07, 6.45) is 1.29. The maximum atomic E-state index is 11.8. The van der Waals surface area contributed by atoms with Crippen LogP contribution < -0.4 is 16.4 Å². The average molecular weight is 317 g/mol. The first kappa shape index (κ1) is 15.7. The fraction of sp³-hybridized carbons (Fsp3) is 0. The number of non-ortho nitro benzene ring substituents is 1. The van der Waals surface area contributed by atoms with Crippen LogP contribution in [0.5, 0.6) is 5.75 Å². The van der Waals surface area contributed by atoms with E-state index in [2.05, 4.69) is 15.6 Å². The van der Waals surface area contributed by atoms with E-state index in [0.717, 1.165) is 12.1 Å². The summed E-state index contributed by atoms with van der Waals surface area (Å²) < 4.78 is 0. The van der Waals surface area contributed by atoms with Gasteiger partial charge in [0.1, 0.15) is 11.6 Å². The molecule has 0 aliphatic carbocycles. The average Bonchev–Trinajstić information content (AvgIpc) is 2.49. The summed E-state index contributed by atoms with van der Waals surface area (Å²) in [5.74, 6) is -1.07. The number of hydrogen-bond acceptors (Lipinski definition) is 6. The number of aromatic nitrogens is 1. The van der Waals surface area contributed by atoms with Gasteiger partial charge in [0, 0.05) is 17.8 Å². The smallest absolute Gasteiger partial charge is 0.324 e. The van der Waals surface area contributed by atoms with E-state index in [0.29, 0.717) is 0 Å². The Kier molecular flexibility index (Phi) is 4.36. The molecule has 0 saturated heterocycles. The minimum atomic E-state index is -0.761. The van der Waals surface area contributed by atoms with Gasteiger partial charge in [-0.3, -0.25) is 20.2 Å². The highest BCUT2D eigenvalue weighted by Gasteiger charge is 2.12. The number of phenolic OH excluding ortho intramolecular Hbond substituents is 1. The molecular weight excluding hydrogens is 306 g/mol. The Morgan fingerprint density at radius 3 is 2.57 bits per heavy atom. The largest absolute Gasteiger partial charge is 0.506 e. The van der Waals surface area contributed by atoms with Gasteiger partial charge in [0.15, 0.2) is 0 Å². The molecule has 2 aromatic rings. The Labute approximate surface area is 129 Å². The Balaban J connectivity index is 2.09. The minimum absolute atomic E-state index is 0.0286. The predicted molar refractivity (Wildman–Crippen MR) is 80.2 cm³/mol. The van der Waals surface area contributed by atoms with Gasteiger partial charge in [-0.1, -0.05) is 0 Å². The van der Waals surface area contributed by atoms with Crippen LogP contribution in [0.4, 0.5) is 22.0 Å². The summed E-state index contributed by atoms with van der Waals surface area (Å²) in [5.41, 5.74) is 4.93. The Hall–Kier alpha value is -3.69. The number of benzene rings is 1. The zero-order valence-electron chi connectivity index (χ0n) is 11.5. The molecular formula is C13H11N5O5. The van der Waals surface area contributed by atoms with Crippen molar-refractivity contribution in [3.05, 3.63) is 52.2 Å². The van der Waals surface area contributed by atoms with E-state index in [-0.39, 0.29) is 22.8 Å². The lowest BCUT2D eigenvalue weighted by Crippen LogP contribution is -2.21. The van der Waals surface area contributed by atoms with Crippen molar-refractivity contribution < 1.29 is 19.6 Å². The van der Waals surface area contributed by atoms with Crippen LogP contribution in [0.15, 0.2) is 36.5 Å². The molecule has 0 bridgehead atoms. The number of nitro benzene ring substituents is 1. The first-order valence-corrected chi connectivity index (χ1v) is 6.18. The zero-order valence-corrected chi connectivity index (χ0v) is 11.5. The molecule has 0 fully saturated rings. The second-order valence-corrected chi connectivity index (χ2v) is 4.33. The van der Waals surface area contributed by atoms with Gasteiger partial charge in [0.25, 0.3) is 5.69 Å². The van der Waals surface area contributed by atoms with Crippen LogP contribution in [0.25, 0.3) is 0 Å². The lowest BCUT2D eigenvalue weighted by Gasteiger charge is -2.08. The van der Waals surface area contributed by atoms with Gasteiger partial charge in [-0.15, -0.1) is 0 Å². The molecule has 0 atom stereocenters. The Morgan fingerprint density at radius 1 is 1.22 bits per heavy atom. The third-order valence-corrected chi connectivity index (χ3v) is 2.73. The highest BCUT2D eigenvalue weighted by molar-refractivity contribution is 6.01. The summed E-state index contributed by atoms with van der Waals surface area (Å²) >= 11 is 0. The standard InChI is InChI=1S/C13H11N5O5/c14-12(20)7-3-4-15-11(5-7)17-13(21)16-9-2-1-8(18(22)23)6-10(9)19/h1-6,19H,(H2,14,20)(H2,15,16,17,21). The summed E-state index contributed by atoms with van der Waals surface area (Å²) in [7, 11) is 0. The van der Waals surface area contributed by atoms with E-state index in [1.807, 2.05) is 0 Å². The van der Waals surface area contributed by atoms with Crippen molar-refractivity contribution in [2.24, 2.45) is 5.73 Å². The van der Waals surface area contributed by atoms with Gasteiger partial charge < -0.3 is 16.2 Å². The number of aromatic hydroxyl groups is 1. The first-order valence-electron chi connectivity index (χ1n) is 6.18. The molecule has 23 heavy (non-hydrogen) atoms. The normalized spacial score (nSPS) is 9.91. The van der Waals surface area contributed by atoms with Gasteiger partial charge in [-0.2, -0.15) is 0 Å². The molecule has 10 heteroatoms. The molecule has 0 spiro atoms. The van der Waals surface area contributed by atoms with E-state index < -0.39 is 22.6 Å². The van der Waals surface area contributed by atoms with Crippen LogP contribution in [0.1, 0.15) is 10.4 Å². The molecule has 0 aliphatic heterocycles. The van der Waals surface area contributed by atoms with Crippen LogP contribution in [0, 0.1) is 10.1 Å². The second kappa shape index (κ2) is 6.39. The van der Waals surface area contributed by atoms with Gasteiger partial charge in [0.2, 0.25) is 5.91 Å².